The third kappa shape index (κ3) is 3.71. The minimum atomic E-state index is -0.606. The second kappa shape index (κ2) is 7.05. The third-order valence-electron chi connectivity index (χ3n) is 4.43. The standard InChI is InChI=1S/C15H26N4O/c1-2-8-19(13-9-17-10-13)11-14(20)18-15(12-16)6-4-3-5-7-15/h13,17H,2-11H2,1H3,(H,18,20). The first-order chi connectivity index (χ1) is 9.69. The van der Waals surface area contributed by atoms with Crippen LogP contribution in [-0.2, 0) is 4.79 Å². The van der Waals surface area contributed by atoms with Crippen molar-refractivity contribution in [2.75, 3.05) is 26.2 Å². The van der Waals surface area contributed by atoms with Gasteiger partial charge in [0.15, 0.2) is 0 Å². The van der Waals surface area contributed by atoms with Crippen molar-refractivity contribution in [3.63, 3.8) is 0 Å². The average molecular weight is 278 g/mol. The highest BCUT2D eigenvalue weighted by Gasteiger charge is 2.34. The molecule has 2 N–H and O–H groups in total. The van der Waals surface area contributed by atoms with E-state index in [-0.39, 0.29) is 5.91 Å². The van der Waals surface area contributed by atoms with Crippen LogP contribution in [0.3, 0.4) is 0 Å². The zero-order valence-corrected chi connectivity index (χ0v) is 12.5. The van der Waals surface area contributed by atoms with Gasteiger partial charge < -0.3 is 10.6 Å². The number of hydrogen-bond donors (Lipinski definition) is 2. The van der Waals surface area contributed by atoms with E-state index >= 15 is 0 Å². The van der Waals surface area contributed by atoms with Crippen LogP contribution < -0.4 is 10.6 Å². The van der Waals surface area contributed by atoms with E-state index in [4.69, 9.17) is 0 Å². The molecular formula is C15H26N4O. The maximum atomic E-state index is 12.3. The first-order valence-corrected chi connectivity index (χ1v) is 7.86. The van der Waals surface area contributed by atoms with Gasteiger partial charge in [0.1, 0.15) is 5.54 Å². The minimum Gasteiger partial charge on any atom is -0.337 e. The van der Waals surface area contributed by atoms with E-state index in [0.29, 0.717) is 12.6 Å². The van der Waals surface area contributed by atoms with Gasteiger partial charge in [-0.25, -0.2) is 0 Å². The fourth-order valence-electron chi connectivity index (χ4n) is 3.12. The van der Waals surface area contributed by atoms with Crippen LogP contribution in [0.5, 0.6) is 0 Å². The fourth-order valence-corrected chi connectivity index (χ4v) is 3.12. The molecule has 0 spiro atoms. The number of rotatable bonds is 6. The van der Waals surface area contributed by atoms with Gasteiger partial charge >= 0.3 is 0 Å². The Bertz CT molecular complexity index is 367. The molecule has 20 heavy (non-hydrogen) atoms. The normalized spacial score (nSPS) is 22.1. The molecule has 0 aromatic carbocycles. The highest BCUT2D eigenvalue weighted by Crippen LogP contribution is 2.27. The topological polar surface area (TPSA) is 68.2 Å². The molecule has 0 radical (unpaired) electrons. The molecule has 0 unspecified atom stereocenters. The van der Waals surface area contributed by atoms with Gasteiger partial charge in [0, 0.05) is 19.1 Å². The van der Waals surface area contributed by atoms with Crippen LogP contribution in [0.15, 0.2) is 0 Å². The van der Waals surface area contributed by atoms with E-state index in [9.17, 15) is 10.1 Å². The summed E-state index contributed by atoms with van der Waals surface area (Å²) in [6, 6.07) is 2.82. The molecule has 2 rings (SSSR count). The lowest BCUT2D eigenvalue weighted by molar-refractivity contribution is -0.124. The van der Waals surface area contributed by atoms with Crippen molar-refractivity contribution in [2.24, 2.45) is 0 Å². The third-order valence-corrected chi connectivity index (χ3v) is 4.43. The maximum absolute atomic E-state index is 12.3. The molecule has 0 atom stereocenters. The van der Waals surface area contributed by atoms with Crippen LogP contribution in [0.25, 0.3) is 0 Å². The largest absolute Gasteiger partial charge is 0.337 e. The van der Waals surface area contributed by atoms with Crippen molar-refractivity contribution < 1.29 is 4.79 Å². The zero-order chi connectivity index (χ0) is 14.4. The van der Waals surface area contributed by atoms with E-state index < -0.39 is 5.54 Å². The molecule has 112 valence electrons. The van der Waals surface area contributed by atoms with Crippen LogP contribution in [0, 0.1) is 11.3 Å². The predicted molar refractivity (Wildman–Crippen MR) is 78.1 cm³/mol. The molecule has 2 fully saturated rings. The smallest absolute Gasteiger partial charge is 0.235 e. The number of hydrogen-bond acceptors (Lipinski definition) is 4. The zero-order valence-electron chi connectivity index (χ0n) is 12.5. The van der Waals surface area contributed by atoms with Crippen LogP contribution >= 0.6 is 0 Å². The minimum absolute atomic E-state index is 0.00815. The first-order valence-electron chi connectivity index (χ1n) is 7.86. The van der Waals surface area contributed by atoms with Gasteiger partial charge in [0.25, 0.3) is 0 Å². The monoisotopic (exact) mass is 278 g/mol. The van der Waals surface area contributed by atoms with Crippen LogP contribution in [0.2, 0.25) is 0 Å². The molecular weight excluding hydrogens is 252 g/mol. The van der Waals surface area contributed by atoms with Crippen molar-refractivity contribution in [2.45, 2.75) is 57.0 Å². The Balaban J connectivity index is 1.87. The molecule has 5 nitrogen and oxygen atoms in total. The van der Waals surface area contributed by atoms with Crippen molar-refractivity contribution >= 4 is 5.91 Å². The molecule has 1 amide bonds. The van der Waals surface area contributed by atoms with Gasteiger partial charge in [-0.05, 0) is 25.8 Å². The van der Waals surface area contributed by atoms with Crippen molar-refractivity contribution in [1.82, 2.24) is 15.5 Å². The van der Waals surface area contributed by atoms with Crippen molar-refractivity contribution in [3.8, 4) is 6.07 Å². The Morgan fingerprint density at radius 1 is 1.40 bits per heavy atom. The summed E-state index contributed by atoms with van der Waals surface area (Å²) in [7, 11) is 0. The Hall–Kier alpha value is -1.12. The summed E-state index contributed by atoms with van der Waals surface area (Å²) < 4.78 is 0. The predicted octanol–water partition coefficient (Wildman–Crippen LogP) is 1.01. The molecule has 0 aromatic rings. The molecule has 1 heterocycles. The molecule has 1 aliphatic carbocycles. The van der Waals surface area contributed by atoms with E-state index in [1.165, 1.54) is 6.42 Å². The van der Waals surface area contributed by atoms with Crippen molar-refractivity contribution in [3.05, 3.63) is 0 Å². The summed E-state index contributed by atoms with van der Waals surface area (Å²) in [5, 5.41) is 15.7. The Kier molecular flexibility index (Phi) is 5.38. The summed E-state index contributed by atoms with van der Waals surface area (Å²) in [6.45, 7) is 5.44. The number of carbonyl (C=O) groups excluding carboxylic acids is 1. The fraction of sp³-hybridized carbons (Fsp3) is 0.867. The van der Waals surface area contributed by atoms with Crippen LogP contribution in [0.1, 0.15) is 45.4 Å². The van der Waals surface area contributed by atoms with Gasteiger partial charge in [0.2, 0.25) is 5.91 Å². The van der Waals surface area contributed by atoms with E-state index in [1.54, 1.807) is 0 Å². The Morgan fingerprint density at radius 3 is 2.60 bits per heavy atom. The Morgan fingerprint density at radius 2 is 2.10 bits per heavy atom. The van der Waals surface area contributed by atoms with Gasteiger partial charge in [-0.15, -0.1) is 0 Å². The molecule has 0 bridgehead atoms. The lowest BCUT2D eigenvalue weighted by Gasteiger charge is -2.38. The number of nitrogens with one attached hydrogen (secondary N) is 2. The average Bonchev–Trinajstić information content (AvgIpc) is 2.38. The molecule has 2 aliphatic rings. The lowest BCUT2D eigenvalue weighted by atomic mass is 9.83. The number of carbonyl (C=O) groups is 1. The number of amides is 1. The Labute approximate surface area is 121 Å². The van der Waals surface area contributed by atoms with Crippen LogP contribution in [0.4, 0.5) is 0 Å². The summed E-state index contributed by atoms with van der Waals surface area (Å²) >= 11 is 0. The quantitative estimate of drug-likeness (QED) is 0.761. The van der Waals surface area contributed by atoms with Gasteiger partial charge in [0.05, 0.1) is 12.6 Å². The second-order valence-corrected chi connectivity index (χ2v) is 6.09. The van der Waals surface area contributed by atoms with E-state index in [2.05, 4.69) is 28.5 Å². The lowest BCUT2D eigenvalue weighted by Crippen LogP contribution is -2.60. The number of nitrogens with zero attached hydrogens (tertiary/aromatic N) is 2. The van der Waals surface area contributed by atoms with Crippen molar-refractivity contribution in [1.29, 1.82) is 5.26 Å². The summed E-state index contributed by atoms with van der Waals surface area (Å²) in [6.07, 6.45) is 5.91. The highest BCUT2D eigenvalue weighted by molar-refractivity contribution is 5.79. The van der Waals surface area contributed by atoms with Gasteiger partial charge in [-0.2, -0.15) is 5.26 Å². The second-order valence-electron chi connectivity index (χ2n) is 6.09. The summed E-state index contributed by atoms with van der Waals surface area (Å²) in [4.78, 5) is 14.5. The summed E-state index contributed by atoms with van der Waals surface area (Å²) in [5.41, 5.74) is -0.606. The molecule has 5 heteroatoms. The molecule has 1 saturated carbocycles. The highest BCUT2D eigenvalue weighted by atomic mass is 16.2. The van der Waals surface area contributed by atoms with Gasteiger partial charge in [-0.1, -0.05) is 26.2 Å². The number of nitriles is 1. The van der Waals surface area contributed by atoms with E-state index in [1.807, 2.05) is 0 Å². The summed E-state index contributed by atoms with van der Waals surface area (Å²) in [5.74, 6) is 0.00815. The van der Waals surface area contributed by atoms with Gasteiger partial charge in [-0.3, -0.25) is 9.69 Å². The van der Waals surface area contributed by atoms with Crippen LogP contribution in [-0.4, -0.2) is 48.6 Å². The van der Waals surface area contributed by atoms with E-state index in [0.717, 1.165) is 51.7 Å². The SMILES string of the molecule is CCCN(CC(=O)NC1(C#N)CCCCC1)C1CNC1. The molecule has 1 aliphatic heterocycles. The molecule has 0 aromatic heterocycles. The maximum Gasteiger partial charge on any atom is 0.235 e. The first kappa shape index (κ1) is 15.3. The molecule has 1 saturated heterocycles.